The average Bonchev–Trinajstić information content (AvgIpc) is 2.78. The fourth-order valence-electron chi connectivity index (χ4n) is 1.65. The lowest BCUT2D eigenvalue weighted by Crippen LogP contribution is -1.95. The number of rotatable bonds is 5. The molecule has 0 aliphatic carbocycles. The lowest BCUT2D eigenvalue weighted by Gasteiger charge is -1.99. The van der Waals surface area contributed by atoms with Gasteiger partial charge in [-0.05, 0) is 30.5 Å². The second kappa shape index (κ2) is 5.30. The van der Waals surface area contributed by atoms with Crippen molar-refractivity contribution < 1.29 is 9.90 Å². The van der Waals surface area contributed by atoms with Gasteiger partial charge in [0.1, 0.15) is 0 Å². The fraction of sp³-hybridized carbons (Fsp3) is 0.231. The normalized spacial score (nSPS) is 10.4. The first-order valence-corrected chi connectivity index (χ1v) is 5.56. The molecule has 88 valence electrons. The minimum Gasteiger partial charge on any atom is -0.481 e. The molecule has 0 saturated heterocycles. The largest absolute Gasteiger partial charge is 0.481 e. The summed E-state index contributed by atoms with van der Waals surface area (Å²) in [4.78, 5) is 10.4. The fourth-order valence-corrected chi connectivity index (χ4v) is 1.65. The van der Waals surface area contributed by atoms with Gasteiger partial charge in [0.2, 0.25) is 0 Å². The van der Waals surface area contributed by atoms with E-state index in [1.807, 2.05) is 36.5 Å². The maximum atomic E-state index is 10.4. The molecule has 1 aromatic heterocycles. The van der Waals surface area contributed by atoms with Gasteiger partial charge in [-0.3, -0.25) is 4.79 Å². The summed E-state index contributed by atoms with van der Waals surface area (Å²) in [7, 11) is 0. The Morgan fingerprint density at radius 1 is 1.29 bits per heavy atom. The Morgan fingerprint density at radius 2 is 2.06 bits per heavy atom. The molecule has 0 bridgehead atoms. The van der Waals surface area contributed by atoms with Gasteiger partial charge in [0.05, 0.1) is 11.9 Å². The summed E-state index contributed by atoms with van der Waals surface area (Å²) in [6, 6.07) is 9.84. The smallest absolute Gasteiger partial charge is 0.303 e. The Kier molecular flexibility index (Phi) is 3.55. The summed E-state index contributed by atoms with van der Waals surface area (Å²) in [6.45, 7) is 0. The van der Waals surface area contributed by atoms with Crippen molar-refractivity contribution in [3.8, 4) is 5.69 Å². The van der Waals surface area contributed by atoms with Crippen molar-refractivity contribution in [3.63, 3.8) is 0 Å². The van der Waals surface area contributed by atoms with E-state index < -0.39 is 5.97 Å². The maximum Gasteiger partial charge on any atom is 0.303 e. The monoisotopic (exact) mass is 230 g/mol. The molecule has 0 fully saturated rings. The molecule has 2 aromatic rings. The zero-order valence-corrected chi connectivity index (χ0v) is 9.41. The Hall–Kier alpha value is -2.10. The van der Waals surface area contributed by atoms with E-state index in [9.17, 15) is 4.79 Å². The van der Waals surface area contributed by atoms with Gasteiger partial charge in [0.25, 0.3) is 0 Å². The maximum absolute atomic E-state index is 10.4. The van der Waals surface area contributed by atoms with Gasteiger partial charge >= 0.3 is 5.97 Å². The molecule has 0 amide bonds. The van der Waals surface area contributed by atoms with Crippen molar-refractivity contribution in [3.05, 3.63) is 48.3 Å². The lowest BCUT2D eigenvalue weighted by molar-refractivity contribution is -0.137. The van der Waals surface area contributed by atoms with Crippen LogP contribution in [0, 0.1) is 0 Å². The molecule has 0 atom stereocenters. The molecule has 0 unspecified atom stereocenters. The van der Waals surface area contributed by atoms with Crippen LogP contribution in [0.2, 0.25) is 0 Å². The van der Waals surface area contributed by atoms with Crippen LogP contribution in [-0.2, 0) is 11.2 Å². The third-order valence-corrected chi connectivity index (χ3v) is 2.51. The van der Waals surface area contributed by atoms with E-state index in [4.69, 9.17) is 5.11 Å². The van der Waals surface area contributed by atoms with Gasteiger partial charge in [-0.15, -0.1) is 0 Å². The molecule has 0 radical (unpaired) electrons. The number of carbonyl (C=O) groups is 1. The predicted octanol–water partition coefficient (Wildman–Crippen LogP) is 2.28. The molecule has 0 aliphatic heterocycles. The second-order valence-corrected chi connectivity index (χ2v) is 3.88. The quantitative estimate of drug-likeness (QED) is 0.857. The van der Waals surface area contributed by atoms with Crippen LogP contribution in [0.5, 0.6) is 0 Å². The molecule has 0 saturated carbocycles. The molecule has 1 aromatic carbocycles. The second-order valence-electron chi connectivity index (χ2n) is 3.88. The zero-order valence-electron chi connectivity index (χ0n) is 9.41. The first-order valence-electron chi connectivity index (χ1n) is 5.56. The first-order chi connectivity index (χ1) is 8.25. The van der Waals surface area contributed by atoms with Crippen molar-refractivity contribution in [1.29, 1.82) is 0 Å². The van der Waals surface area contributed by atoms with Gasteiger partial charge in [-0.1, -0.05) is 18.2 Å². The van der Waals surface area contributed by atoms with Crippen molar-refractivity contribution >= 4 is 5.97 Å². The van der Waals surface area contributed by atoms with Crippen LogP contribution in [0.15, 0.2) is 42.7 Å². The summed E-state index contributed by atoms with van der Waals surface area (Å²) in [6.07, 6.45) is 5.33. The number of hydrogen-bond acceptors (Lipinski definition) is 2. The third kappa shape index (κ3) is 3.17. The number of aromatic nitrogens is 2. The number of carboxylic acids is 1. The number of para-hydroxylation sites is 1. The van der Waals surface area contributed by atoms with Gasteiger partial charge in [0, 0.05) is 12.6 Å². The highest BCUT2D eigenvalue weighted by Gasteiger charge is 2.02. The molecule has 0 aliphatic rings. The number of carboxylic acid groups (broad SMARTS) is 1. The summed E-state index contributed by atoms with van der Waals surface area (Å²) in [5, 5.41) is 12.8. The molecule has 1 heterocycles. The van der Waals surface area contributed by atoms with Crippen molar-refractivity contribution in [2.24, 2.45) is 0 Å². The zero-order chi connectivity index (χ0) is 12.1. The molecule has 4 heteroatoms. The molecule has 0 spiro atoms. The van der Waals surface area contributed by atoms with Gasteiger partial charge in [-0.25, -0.2) is 4.68 Å². The van der Waals surface area contributed by atoms with E-state index in [2.05, 4.69) is 5.10 Å². The number of aliphatic carboxylic acids is 1. The Labute approximate surface area is 99.5 Å². The van der Waals surface area contributed by atoms with E-state index in [1.165, 1.54) is 0 Å². The van der Waals surface area contributed by atoms with Crippen molar-refractivity contribution in [2.75, 3.05) is 0 Å². The van der Waals surface area contributed by atoms with Crippen LogP contribution >= 0.6 is 0 Å². The summed E-state index contributed by atoms with van der Waals surface area (Å²) in [5.74, 6) is -0.750. The number of nitrogens with zero attached hydrogens (tertiary/aromatic N) is 2. The van der Waals surface area contributed by atoms with Gasteiger partial charge in [-0.2, -0.15) is 5.10 Å². The minimum absolute atomic E-state index is 0.205. The first kappa shape index (κ1) is 11.4. The van der Waals surface area contributed by atoms with Crippen molar-refractivity contribution in [1.82, 2.24) is 9.78 Å². The highest BCUT2D eigenvalue weighted by molar-refractivity contribution is 5.66. The van der Waals surface area contributed by atoms with Crippen LogP contribution in [0.25, 0.3) is 5.69 Å². The Morgan fingerprint density at radius 3 is 2.76 bits per heavy atom. The highest BCUT2D eigenvalue weighted by atomic mass is 16.4. The van der Waals surface area contributed by atoms with E-state index in [-0.39, 0.29) is 6.42 Å². The SMILES string of the molecule is O=C(O)CCCc1cnn(-c2ccccc2)c1. The van der Waals surface area contributed by atoms with E-state index >= 15 is 0 Å². The Balaban J connectivity index is 1.99. The highest BCUT2D eigenvalue weighted by Crippen LogP contribution is 2.09. The third-order valence-electron chi connectivity index (χ3n) is 2.51. The topological polar surface area (TPSA) is 55.1 Å². The van der Waals surface area contributed by atoms with Crippen LogP contribution in [0.3, 0.4) is 0 Å². The number of hydrogen-bond donors (Lipinski definition) is 1. The molecule has 1 N–H and O–H groups in total. The minimum atomic E-state index is -0.750. The van der Waals surface area contributed by atoms with Crippen LogP contribution in [-0.4, -0.2) is 20.9 Å². The molecule has 4 nitrogen and oxygen atoms in total. The molecular weight excluding hydrogens is 216 g/mol. The summed E-state index contributed by atoms with van der Waals surface area (Å²) in [5.41, 5.74) is 2.08. The molecule has 17 heavy (non-hydrogen) atoms. The van der Waals surface area contributed by atoms with Crippen LogP contribution in [0.1, 0.15) is 18.4 Å². The summed E-state index contributed by atoms with van der Waals surface area (Å²) >= 11 is 0. The van der Waals surface area contributed by atoms with E-state index in [1.54, 1.807) is 10.9 Å². The number of aryl methyl sites for hydroxylation is 1. The van der Waals surface area contributed by atoms with Crippen LogP contribution in [0.4, 0.5) is 0 Å². The summed E-state index contributed by atoms with van der Waals surface area (Å²) < 4.78 is 1.80. The average molecular weight is 230 g/mol. The van der Waals surface area contributed by atoms with E-state index in [0.29, 0.717) is 6.42 Å². The standard InChI is InChI=1S/C13H14N2O2/c16-13(17)8-4-5-11-9-14-15(10-11)12-6-2-1-3-7-12/h1-3,6-7,9-10H,4-5,8H2,(H,16,17). The van der Waals surface area contributed by atoms with Crippen molar-refractivity contribution in [2.45, 2.75) is 19.3 Å². The number of benzene rings is 1. The Bertz CT molecular complexity index is 491. The molecular formula is C13H14N2O2. The van der Waals surface area contributed by atoms with E-state index in [0.717, 1.165) is 17.7 Å². The van der Waals surface area contributed by atoms with Gasteiger partial charge < -0.3 is 5.11 Å². The predicted molar refractivity (Wildman–Crippen MR) is 64.1 cm³/mol. The lowest BCUT2D eigenvalue weighted by atomic mass is 10.1. The van der Waals surface area contributed by atoms with Crippen LogP contribution < -0.4 is 0 Å². The molecule has 2 rings (SSSR count). The van der Waals surface area contributed by atoms with Gasteiger partial charge in [0.15, 0.2) is 0 Å².